The van der Waals surface area contributed by atoms with E-state index in [1.165, 1.54) is 13.3 Å². The second-order valence-electron chi connectivity index (χ2n) is 4.29. The predicted molar refractivity (Wildman–Crippen MR) is 69.4 cm³/mol. The summed E-state index contributed by atoms with van der Waals surface area (Å²) in [5, 5.41) is 0. The molecular formula is C13H18N2O4. The predicted octanol–water partition coefficient (Wildman–Crippen LogP) is 0.720. The first-order valence-electron chi connectivity index (χ1n) is 6.14. The first-order chi connectivity index (χ1) is 9.24. The van der Waals surface area contributed by atoms with Crippen LogP contribution < -0.4 is 4.90 Å². The van der Waals surface area contributed by atoms with Crippen LogP contribution in [0.15, 0.2) is 18.3 Å². The number of hydrogen-bond acceptors (Lipinski definition) is 6. The zero-order valence-corrected chi connectivity index (χ0v) is 11.2. The van der Waals surface area contributed by atoms with Gasteiger partial charge in [0, 0.05) is 26.4 Å². The fourth-order valence-electron chi connectivity index (χ4n) is 2.03. The molecule has 0 bridgehead atoms. The Labute approximate surface area is 112 Å². The number of pyridine rings is 1. The van der Waals surface area contributed by atoms with E-state index in [2.05, 4.69) is 14.6 Å². The molecule has 1 aromatic heterocycles. The second-order valence-corrected chi connectivity index (χ2v) is 4.29. The van der Waals surface area contributed by atoms with Gasteiger partial charge in [0.25, 0.3) is 0 Å². The maximum atomic E-state index is 11.3. The lowest BCUT2D eigenvalue weighted by Crippen LogP contribution is -2.44. The minimum Gasteiger partial charge on any atom is -0.465 e. The fraction of sp³-hybridized carbons (Fsp3) is 0.538. The van der Waals surface area contributed by atoms with Gasteiger partial charge in [0.05, 0.1) is 32.0 Å². The highest BCUT2D eigenvalue weighted by molar-refractivity contribution is 5.89. The lowest BCUT2D eigenvalue weighted by atomic mass is 10.2. The summed E-state index contributed by atoms with van der Waals surface area (Å²) < 4.78 is 15.3. The third-order valence-corrected chi connectivity index (χ3v) is 2.98. The van der Waals surface area contributed by atoms with Crippen molar-refractivity contribution in [3.05, 3.63) is 23.9 Å². The van der Waals surface area contributed by atoms with Crippen molar-refractivity contribution in [3.8, 4) is 0 Å². The van der Waals surface area contributed by atoms with Crippen LogP contribution in [-0.4, -0.2) is 57.6 Å². The van der Waals surface area contributed by atoms with Crippen LogP contribution in [0.25, 0.3) is 0 Å². The lowest BCUT2D eigenvalue weighted by Gasteiger charge is -2.33. The van der Waals surface area contributed by atoms with Gasteiger partial charge in [-0.1, -0.05) is 0 Å². The van der Waals surface area contributed by atoms with Crippen LogP contribution in [0.4, 0.5) is 5.82 Å². The molecule has 104 valence electrons. The molecule has 0 spiro atoms. The number of rotatable bonds is 4. The number of carbonyl (C=O) groups excluding carboxylic acids is 1. The van der Waals surface area contributed by atoms with Crippen LogP contribution in [-0.2, 0) is 14.2 Å². The fourth-order valence-corrected chi connectivity index (χ4v) is 2.03. The maximum absolute atomic E-state index is 11.3. The Morgan fingerprint density at radius 3 is 3.00 bits per heavy atom. The van der Waals surface area contributed by atoms with Gasteiger partial charge < -0.3 is 19.1 Å². The molecule has 0 unspecified atom stereocenters. The normalized spacial score (nSPS) is 19.3. The average Bonchev–Trinajstić information content (AvgIpc) is 2.47. The van der Waals surface area contributed by atoms with E-state index in [0.29, 0.717) is 18.8 Å². The van der Waals surface area contributed by atoms with E-state index in [9.17, 15) is 4.79 Å². The van der Waals surface area contributed by atoms with Crippen LogP contribution in [0.3, 0.4) is 0 Å². The maximum Gasteiger partial charge on any atom is 0.339 e. The van der Waals surface area contributed by atoms with E-state index in [0.717, 1.165) is 18.9 Å². The molecular weight excluding hydrogens is 248 g/mol. The molecule has 0 radical (unpaired) electrons. The van der Waals surface area contributed by atoms with Crippen LogP contribution in [0.1, 0.15) is 10.4 Å². The largest absolute Gasteiger partial charge is 0.465 e. The second kappa shape index (κ2) is 6.49. The van der Waals surface area contributed by atoms with Gasteiger partial charge in [-0.15, -0.1) is 0 Å². The van der Waals surface area contributed by atoms with Crippen molar-refractivity contribution in [2.45, 2.75) is 6.10 Å². The van der Waals surface area contributed by atoms with Crippen LogP contribution in [0.5, 0.6) is 0 Å². The highest BCUT2D eigenvalue weighted by Gasteiger charge is 2.21. The molecule has 1 atom stereocenters. The van der Waals surface area contributed by atoms with E-state index >= 15 is 0 Å². The molecule has 1 saturated heterocycles. The van der Waals surface area contributed by atoms with Gasteiger partial charge in [-0.05, 0) is 12.1 Å². The number of nitrogens with zero attached hydrogens (tertiary/aromatic N) is 2. The minimum absolute atomic E-state index is 0.0563. The van der Waals surface area contributed by atoms with Gasteiger partial charge in [0.2, 0.25) is 0 Å². The molecule has 0 amide bonds. The molecule has 2 heterocycles. The monoisotopic (exact) mass is 266 g/mol. The topological polar surface area (TPSA) is 60.9 Å². The minimum atomic E-state index is -0.377. The summed E-state index contributed by atoms with van der Waals surface area (Å²) in [5.41, 5.74) is 0.452. The van der Waals surface area contributed by atoms with Crippen molar-refractivity contribution in [1.29, 1.82) is 0 Å². The van der Waals surface area contributed by atoms with E-state index in [4.69, 9.17) is 9.47 Å². The van der Waals surface area contributed by atoms with Gasteiger partial charge in [0.15, 0.2) is 0 Å². The van der Waals surface area contributed by atoms with Gasteiger partial charge in [-0.25, -0.2) is 9.78 Å². The summed E-state index contributed by atoms with van der Waals surface area (Å²) in [5.74, 6) is 0.454. The molecule has 1 aliphatic rings. The molecule has 0 N–H and O–H groups in total. The van der Waals surface area contributed by atoms with Crippen LogP contribution >= 0.6 is 0 Å². The van der Waals surface area contributed by atoms with E-state index in [1.54, 1.807) is 13.2 Å². The van der Waals surface area contributed by atoms with Crippen LogP contribution in [0.2, 0.25) is 0 Å². The van der Waals surface area contributed by atoms with Gasteiger partial charge in [0.1, 0.15) is 5.82 Å². The van der Waals surface area contributed by atoms with Crippen molar-refractivity contribution in [1.82, 2.24) is 4.98 Å². The first-order valence-corrected chi connectivity index (χ1v) is 6.14. The standard InChI is InChI=1S/C13H18N2O4/c1-17-9-11-8-15(5-6-19-11)12-4-3-10(7-14-12)13(16)18-2/h3-4,7,11H,5-6,8-9H2,1-2H3/t11-/m0/s1. The number of ether oxygens (including phenoxy) is 3. The average molecular weight is 266 g/mol. The Bertz CT molecular complexity index is 419. The van der Waals surface area contributed by atoms with E-state index in [-0.39, 0.29) is 12.1 Å². The molecule has 1 aromatic rings. The zero-order chi connectivity index (χ0) is 13.7. The van der Waals surface area contributed by atoms with Crippen molar-refractivity contribution in [3.63, 3.8) is 0 Å². The number of carbonyl (C=O) groups is 1. The molecule has 19 heavy (non-hydrogen) atoms. The molecule has 1 aliphatic heterocycles. The Morgan fingerprint density at radius 2 is 2.37 bits per heavy atom. The van der Waals surface area contributed by atoms with Crippen molar-refractivity contribution in [2.75, 3.05) is 45.4 Å². The van der Waals surface area contributed by atoms with Crippen LogP contribution in [0, 0.1) is 0 Å². The van der Waals surface area contributed by atoms with Crippen molar-refractivity contribution < 1.29 is 19.0 Å². The summed E-state index contributed by atoms with van der Waals surface area (Å²) in [6.07, 6.45) is 1.59. The molecule has 6 heteroatoms. The first kappa shape index (κ1) is 13.8. The number of anilines is 1. The molecule has 6 nitrogen and oxygen atoms in total. The Kier molecular flexibility index (Phi) is 4.70. The molecule has 0 aromatic carbocycles. The summed E-state index contributed by atoms with van der Waals surface area (Å²) in [7, 11) is 3.01. The van der Waals surface area contributed by atoms with Gasteiger partial charge >= 0.3 is 5.97 Å². The Hall–Kier alpha value is -1.66. The number of esters is 1. The quantitative estimate of drug-likeness (QED) is 0.748. The van der Waals surface area contributed by atoms with Gasteiger partial charge in [-0.3, -0.25) is 0 Å². The smallest absolute Gasteiger partial charge is 0.339 e. The number of aromatic nitrogens is 1. The number of morpholine rings is 1. The lowest BCUT2D eigenvalue weighted by molar-refractivity contribution is -0.0102. The molecule has 0 saturated carbocycles. The third kappa shape index (κ3) is 3.42. The summed E-state index contributed by atoms with van der Waals surface area (Å²) in [6, 6.07) is 3.54. The molecule has 1 fully saturated rings. The zero-order valence-electron chi connectivity index (χ0n) is 11.2. The highest BCUT2D eigenvalue weighted by atomic mass is 16.5. The molecule has 2 rings (SSSR count). The van der Waals surface area contributed by atoms with E-state index in [1.807, 2.05) is 6.07 Å². The van der Waals surface area contributed by atoms with Crippen molar-refractivity contribution >= 4 is 11.8 Å². The summed E-state index contributed by atoms with van der Waals surface area (Å²) in [6.45, 7) is 2.73. The highest BCUT2D eigenvalue weighted by Crippen LogP contribution is 2.16. The Morgan fingerprint density at radius 1 is 1.53 bits per heavy atom. The summed E-state index contributed by atoms with van der Waals surface area (Å²) in [4.78, 5) is 17.7. The van der Waals surface area contributed by atoms with E-state index < -0.39 is 0 Å². The Balaban J connectivity index is 2.03. The SMILES string of the molecule is COC[C@@H]1CN(c2ccc(C(=O)OC)cn2)CCO1. The molecule has 0 aliphatic carbocycles. The van der Waals surface area contributed by atoms with Gasteiger partial charge in [-0.2, -0.15) is 0 Å². The van der Waals surface area contributed by atoms with Crippen molar-refractivity contribution in [2.24, 2.45) is 0 Å². The third-order valence-electron chi connectivity index (χ3n) is 2.98. The number of methoxy groups -OCH3 is 2. The number of hydrogen-bond donors (Lipinski definition) is 0. The summed E-state index contributed by atoms with van der Waals surface area (Å²) >= 11 is 0.